The average molecular weight is 256 g/mol. The van der Waals surface area contributed by atoms with Gasteiger partial charge in [0.25, 0.3) is 0 Å². The van der Waals surface area contributed by atoms with Gasteiger partial charge in [-0.3, -0.25) is 4.90 Å². The van der Waals surface area contributed by atoms with Crippen molar-refractivity contribution in [3.05, 3.63) is 0 Å². The molecule has 2 rings (SSSR count). The molecule has 0 amide bonds. The van der Waals surface area contributed by atoms with Crippen LogP contribution in [0.5, 0.6) is 0 Å². The van der Waals surface area contributed by atoms with Crippen LogP contribution in [-0.4, -0.2) is 47.1 Å². The van der Waals surface area contributed by atoms with Gasteiger partial charge in [0.05, 0.1) is 0 Å². The number of hydrogen-bond acceptors (Lipinski definition) is 3. The number of nitrogens with one attached hydrogen (secondary N) is 1. The molecule has 17 heavy (non-hydrogen) atoms. The Labute approximate surface area is 111 Å². The molecule has 0 spiro atoms. The van der Waals surface area contributed by atoms with Crippen LogP contribution in [0.2, 0.25) is 0 Å². The zero-order valence-corrected chi connectivity index (χ0v) is 12.5. The van der Waals surface area contributed by atoms with Crippen LogP contribution in [-0.2, 0) is 0 Å². The first-order valence-electron chi connectivity index (χ1n) is 7.22. The molecule has 1 aliphatic carbocycles. The number of thioether (sulfide) groups is 1. The van der Waals surface area contributed by atoms with E-state index < -0.39 is 0 Å². The van der Waals surface area contributed by atoms with Gasteiger partial charge >= 0.3 is 0 Å². The lowest BCUT2D eigenvalue weighted by Gasteiger charge is -2.44. The minimum absolute atomic E-state index is 0.469. The Balaban J connectivity index is 1.80. The van der Waals surface area contributed by atoms with Crippen LogP contribution in [0.25, 0.3) is 0 Å². The Bertz CT molecular complexity index is 234. The van der Waals surface area contributed by atoms with Gasteiger partial charge < -0.3 is 5.32 Å². The molecule has 0 unspecified atom stereocenters. The average Bonchev–Trinajstić information content (AvgIpc) is 2.29. The highest BCUT2D eigenvalue weighted by molar-refractivity contribution is 8.00. The van der Waals surface area contributed by atoms with E-state index in [1.165, 1.54) is 44.5 Å². The quantitative estimate of drug-likeness (QED) is 0.836. The van der Waals surface area contributed by atoms with E-state index >= 15 is 0 Å². The maximum Gasteiger partial charge on any atom is 0.0231 e. The van der Waals surface area contributed by atoms with Crippen molar-refractivity contribution in [3.8, 4) is 0 Å². The Kier molecular flexibility index (Phi) is 4.79. The standard InChI is InChI=1S/C14H28N2S/c1-4-15-12-5-7-13(8-6-12)16-9-10-17-14(2,3)11-16/h12-13,15H,4-11H2,1-3H3. The van der Waals surface area contributed by atoms with Crippen LogP contribution in [0.4, 0.5) is 0 Å². The summed E-state index contributed by atoms with van der Waals surface area (Å²) in [5.41, 5.74) is 0. The summed E-state index contributed by atoms with van der Waals surface area (Å²) < 4.78 is 0.469. The fourth-order valence-electron chi connectivity index (χ4n) is 3.30. The third kappa shape index (κ3) is 3.87. The van der Waals surface area contributed by atoms with Gasteiger partial charge in [-0.2, -0.15) is 11.8 Å². The molecule has 1 saturated carbocycles. The zero-order chi connectivity index (χ0) is 12.3. The van der Waals surface area contributed by atoms with Crippen LogP contribution < -0.4 is 5.32 Å². The Morgan fingerprint density at radius 2 is 1.94 bits per heavy atom. The topological polar surface area (TPSA) is 15.3 Å². The third-order valence-electron chi connectivity index (χ3n) is 4.16. The Hall–Kier alpha value is 0.270. The van der Waals surface area contributed by atoms with Crippen LogP contribution in [0.15, 0.2) is 0 Å². The molecule has 2 nitrogen and oxygen atoms in total. The van der Waals surface area contributed by atoms with Gasteiger partial charge in [-0.05, 0) is 46.1 Å². The predicted octanol–water partition coefficient (Wildman–Crippen LogP) is 2.73. The summed E-state index contributed by atoms with van der Waals surface area (Å²) in [4.78, 5) is 2.76. The molecule has 2 aliphatic rings. The SMILES string of the molecule is CCNC1CCC(N2CCSC(C)(C)C2)CC1. The van der Waals surface area contributed by atoms with E-state index in [-0.39, 0.29) is 0 Å². The minimum Gasteiger partial charge on any atom is -0.314 e. The summed E-state index contributed by atoms with van der Waals surface area (Å²) in [6.45, 7) is 10.7. The molecule has 0 atom stereocenters. The summed E-state index contributed by atoms with van der Waals surface area (Å²) in [6.07, 6.45) is 5.56. The molecule has 1 N–H and O–H groups in total. The normalized spacial score (nSPS) is 34.8. The molecule has 0 radical (unpaired) electrons. The van der Waals surface area contributed by atoms with Gasteiger partial charge in [0.2, 0.25) is 0 Å². The van der Waals surface area contributed by atoms with E-state index in [0.717, 1.165) is 18.6 Å². The minimum atomic E-state index is 0.469. The van der Waals surface area contributed by atoms with Crippen molar-refractivity contribution in [2.45, 2.75) is 63.3 Å². The van der Waals surface area contributed by atoms with Crippen LogP contribution in [0.3, 0.4) is 0 Å². The molecule has 1 saturated heterocycles. The first kappa shape index (κ1) is 13.7. The van der Waals surface area contributed by atoms with E-state index in [2.05, 4.69) is 42.7 Å². The monoisotopic (exact) mass is 256 g/mol. The summed E-state index contributed by atoms with van der Waals surface area (Å²) >= 11 is 2.14. The third-order valence-corrected chi connectivity index (χ3v) is 5.46. The van der Waals surface area contributed by atoms with Crippen molar-refractivity contribution in [2.24, 2.45) is 0 Å². The van der Waals surface area contributed by atoms with Gasteiger partial charge in [0, 0.05) is 35.7 Å². The molecule has 100 valence electrons. The number of rotatable bonds is 3. The maximum absolute atomic E-state index is 3.60. The summed E-state index contributed by atoms with van der Waals surface area (Å²) in [6, 6.07) is 1.66. The second-order valence-corrected chi connectivity index (χ2v) is 7.94. The second-order valence-electron chi connectivity index (χ2n) is 6.14. The molecule has 0 aromatic rings. The fraction of sp³-hybridized carbons (Fsp3) is 1.00. The lowest BCUT2D eigenvalue weighted by atomic mass is 9.89. The van der Waals surface area contributed by atoms with E-state index in [9.17, 15) is 0 Å². The predicted molar refractivity (Wildman–Crippen MR) is 77.8 cm³/mol. The number of nitrogens with zero attached hydrogens (tertiary/aromatic N) is 1. The zero-order valence-electron chi connectivity index (χ0n) is 11.7. The van der Waals surface area contributed by atoms with Crippen molar-refractivity contribution in [1.82, 2.24) is 10.2 Å². The lowest BCUT2D eigenvalue weighted by Crippen LogP contribution is -2.50. The van der Waals surface area contributed by atoms with E-state index in [4.69, 9.17) is 0 Å². The second kappa shape index (κ2) is 5.94. The Morgan fingerprint density at radius 1 is 1.24 bits per heavy atom. The highest BCUT2D eigenvalue weighted by Gasteiger charge is 2.32. The van der Waals surface area contributed by atoms with E-state index in [1.807, 2.05) is 0 Å². The molecule has 1 aliphatic heterocycles. The highest BCUT2D eigenvalue weighted by Crippen LogP contribution is 2.33. The van der Waals surface area contributed by atoms with Crippen LogP contribution in [0, 0.1) is 0 Å². The molecule has 2 fully saturated rings. The highest BCUT2D eigenvalue weighted by atomic mass is 32.2. The van der Waals surface area contributed by atoms with Crippen molar-refractivity contribution < 1.29 is 0 Å². The maximum atomic E-state index is 3.60. The fourth-order valence-corrected chi connectivity index (χ4v) is 4.43. The van der Waals surface area contributed by atoms with Crippen LogP contribution in [0.1, 0.15) is 46.5 Å². The molecule has 0 aromatic heterocycles. The first-order valence-corrected chi connectivity index (χ1v) is 8.20. The number of hydrogen-bond donors (Lipinski definition) is 1. The summed E-state index contributed by atoms with van der Waals surface area (Å²) in [7, 11) is 0. The van der Waals surface area contributed by atoms with E-state index in [1.54, 1.807) is 0 Å². The van der Waals surface area contributed by atoms with E-state index in [0.29, 0.717) is 4.75 Å². The lowest BCUT2D eigenvalue weighted by molar-refractivity contribution is 0.138. The molecular weight excluding hydrogens is 228 g/mol. The van der Waals surface area contributed by atoms with Crippen molar-refractivity contribution in [1.29, 1.82) is 0 Å². The molecular formula is C14H28N2S. The van der Waals surface area contributed by atoms with Gasteiger partial charge in [0.1, 0.15) is 0 Å². The smallest absolute Gasteiger partial charge is 0.0231 e. The molecule has 0 aromatic carbocycles. The van der Waals surface area contributed by atoms with Gasteiger partial charge in [0.15, 0.2) is 0 Å². The molecule has 3 heteroatoms. The van der Waals surface area contributed by atoms with Crippen molar-refractivity contribution in [2.75, 3.05) is 25.4 Å². The van der Waals surface area contributed by atoms with Gasteiger partial charge in [-0.1, -0.05) is 6.92 Å². The van der Waals surface area contributed by atoms with Gasteiger partial charge in [-0.25, -0.2) is 0 Å². The largest absolute Gasteiger partial charge is 0.314 e. The van der Waals surface area contributed by atoms with Crippen LogP contribution >= 0.6 is 11.8 Å². The van der Waals surface area contributed by atoms with Crippen molar-refractivity contribution >= 4 is 11.8 Å². The Morgan fingerprint density at radius 3 is 2.53 bits per heavy atom. The van der Waals surface area contributed by atoms with Crippen molar-refractivity contribution in [3.63, 3.8) is 0 Å². The van der Waals surface area contributed by atoms with Gasteiger partial charge in [-0.15, -0.1) is 0 Å². The summed E-state index contributed by atoms with van der Waals surface area (Å²) in [5.74, 6) is 1.32. The summed E-state index contributed by atoms with van der Waals surface area (Å²) in [5, 5.41) is 3.60. The first-order chi connectivity index (χ1) is 8.11. The molecule has 1 heterocycles. The molecule has 0 bridgehead atoms.